The van der Waals surface area contributed by atoms with E-state index in [0.29, 0.717) is 35.1 Å². The molecule has 2 aromatic heterocycles. The average molecular weight is 398 g/mol. The van der Waals surface area contributed by atoms with Gasteiger partial charge in [-0.15, -0.1) is 15.3 Å². The minimum absolute atomic E-state index is 0.142. The van der Waals surface area contributed by atoms with Gasteiger partial charge in [-0.2, -0.15) is 4.52 Å². The van der Waals surface area contributed by atoms with Crippen LogP contribution in [0.25, 0.3) is 5.65 Å². The Kier molecular flexibility index (Phi) is 6.48. The van der Waals surface area contributed by atoms with E-state index in [0.717, 1.165) is 18.9 Å². The Hall–Kier alpha value is -3.36. The number of hydrogen-bond acceptors (Lipinski definition) is 7. The lowest BCUT2D eigenvalue weighted by Gasteiger charge is -2.19. The fourth-order valence-electron chi connectivity index (χ4n) is 3.02. The Morgan fingerprint density at radius 2 is 1.76 bits per heavy atom. The molecular weight excluding hydrogens is 372 g/mol. The Morgan fingerprint density at radius 3 is 2.38 bits per heavy atom. The van der Waals surface area contributed by atoms with Gasteiger partial charge >= 0.3 is 0 Å². The van der Waals surface area contributed by atoms with E-state index >= 15 is 0 Å². The molecule has 0 bridgehead atoms. The van der Waals surface area contributed by atoms with Crippen molar-refractivity contribution in [1.82, 2.24) is 19.8 Å². The van der Waals surface area contributed by atoms with E-state index in [1.54, 1.807) is 36.9 Å². The van der Waals surface area contributed by atoms with Gasteiger partial charge in [0.2, 0.25) is 5.91 Å². The van der Waals surface area contributed by atoms with E-state index in [2.05, 4.69) is 39.4 Å². The number of amides is 1. The van der Waals surface area contributed by atoms with E-state index in [-0.39, 0.29) is 12.3 Å². The molecule has 3 rings (SSSR count). The van der Waals surface area contributed by atoms with Gasteiger partial charge in [-0.3, -0.25) is 4.79 Å². The lowest BCUT2D eigenvalue weighted by molar-refractivity contribution is -0.116. The average Bonchev–Trinajstić information content (AvgIpc) is 3.15. The summed E-state index contributed by atoms with van der Waals surface area (Å²) in [6, 6.07) is 9.05. The Balaban J connectivity index is 1.70. The first-order valence-electron chi connectivity index (χ1n) is 9.57. The summed E-state index contributed by atoms with van der Waals surface area (Å²) in [5.74, 6) is 2.58. The molecule has 3 aromatic rings. The second-order valence-electron chi connectivity index (χ2n) is 6.40. The number of benzene rings is 1. The van der Waals surface area contributed by atoms with E-state index < -0.39 is 0 Å². The minimum Gasteiger partial charge on any atom is -0.497 e. The van der Waals surface area contributed by atoms with Gasteiger partial charge in [-0.1, -0.05) is 0 Å². The van der Waals surface area contributed by atoms with Gasteiger partial charge in [0, 0.05) is 49.8 Å². The van der Waals surface area contributed by atoms with Gasteiger partial charge < -0.3 is 19.7 Å². The van der Waals surface area contributed by atoms with Crippen molar-refractivity contribution >= 4 is 23.1 Å². The third-order valence-electron chi connectivity index (χ3n) is 4.61. The predicted molar refractivity (Wildman–Crippen MR) is 111 cm³/mol. The summed E-state index contributed by atoms with van der Waals surface area (Å²) >= 11 is 0. The van der Waals surface area contributed by atoms with Crippen molar-refractivity contribution in [2.24, 2.45) is 0 Å². The molecule has 0 aliphatic rings. The molecule has 0 saturated carbocycles. The molecule has 29 heavy (non-hydrogen) atoms. The quantitative estimate of drug-likeness (QED) is 0.592. The number of carbonyl (C=O) groups is 1. The second-order valence-corrected chi connectivity index (χ2v) is 6.40. The summed E-state index contributed by atoms with van der Waals surface area (Å²) in [6.07, 6.45) is 0.667. The molecule has 9 heteroatoms. The van der Waals surface area contributed by atoms with Crippen molar-refractivity contribution in [3.05, 3.63) is 36.2 Å². The largest absolute Gasteiger partial charge is 0.497 e. The number of rotatable bonds is 9. The first-order valence-corrected chi connectivity index (χ1v) is 9.57. The van der Waals surface area contributed by atoms with E-state index in [1.807, 2.05) is 12.1 Å². The minimum atomic E-state index is -0.142. The molecule has 154 valence electrons. The molecule has 1 N–H and O–H groups in total. The van der Waals surface area contributed by atoms with Crippen LogP contribution in [0.2, 0.25) is 0 Å². The topological polar surface area (TPSA) is 93.9 Å². The Morgan fingerprint density at radius 1 is 1.07 bits per heavy atom. The van der Waals surface area contributed by atoms with Crippen LogP contribution in [0.15, 0.2) is 30.3 Å². The number of nitrogens with one attached hydrogen (secondary N) is 1. The molecule has 1 aromatic carbocycles. The number of carbonyl (C=O) groups excluding carboxylic acids is 1. The van der Waals surface area contributed by atoms with Crippen LogP contribution in [0.4, 0.5) is 11.5 Å². The molecule has 9 nitrogen and oxygen atoms in total. The van der Waals surface area contributed by atoms with Gasteiger partial charge in [0.25, 0.3) is 0 Å². The standard InChI is InChI=1S/C20H26N6O3/c1-5-25(6-2)19-8-7-17-22-23-18(26(17)24-19)9-10-20(27)21-14-11-15(28-3)13-16(12-14)29-4/h7-8,11-13H,5-6,9-10H2,1-4H3,(H,21,27). The molecule has 0 atom stereocenters. The number of aryl methyl sites for hydroxylation is 1. The summed E-state index contributed by atoms with van der Waals surface area (Å²) in [4.78, 5) is 14.6. The summed E-state index contributed by atoms with van der Waals surface area (Å²) in [7, 11) is 3.13. The van der Waals surface area contributed by atoms with E-state index in [9.17, 15) is 4.79 Å². The van der Waals surface area contributed by atoms with Crippen molar-refractivity contribution in [1.29, 1.82) is 0 Å². The van der Waals surface area contributed by atoms with Gasteiger partial charge in [-0.25, -0.2) is 0 Å². The fraction of sp³-hybridized carbons (Fsp3) is 0.400. The SMILES string of the molecule is CCN(CC)c1ccc2nnc(CCC(=O)Nc3cc(OC)cc(OC)c3)n2n1. The Labute approximate surface area is 169 Å². The number of ether oxygens (including phenoxy) is 2. The summed E-state index contributed by atoms with van der Waals surface area (Å²) in [6.45, 7) is 5.89. The van der Waals surface area contributed by atoms with Gasteiger partial charge in [0.1, 0.15) is 17.3 Å². The first-order chi connectivity index (χ1) is 14.1. The molecule has 0 aliphatic heterocycles. The van der Waals surface area contributed by atoms with Crippen LogP contribution in [-0.2, 0) is 11.2 Å². The number of aromatic nitrogens is 4. The molecule has 0 unspecified atom stereocenters. The van der Waals surface area contributed by atoms with Crippen LogP contribution >= 0.6 is 0 Å². The number of fused-ring (bicyclic) bond motifs is 1. The maximum Gasteiger partial charge on any atom is 0.224 e. The lowest BCUT2D eigenvalue weighted by Crippen LogP contribution is -2.23. The molecule has 2 heterocycles. The van der Waals surface area contributed by atoms with Crippen LogP contribution in [0.3, 0.4) is 0 Å². The highest BCUT2D eigenvalue weighted by Gasteiger charge is 2.13. The monoisotopic (exact) mass is 398 g/mol. The van der Waals surface area contributed by atoms with Crippen LogP contribution in [0.1, 0.15) is 26.1 Å². The molecule has 0 spiro atoms. The third-order valence-corrected chi connectivity index (χ3v) is 4.61. The fourth-order valence-corrected chi connectivity index (χ4v) is 3.02. The Bertz CT molecular complexity index is 961. The second kappa shape index (κ2) is 9.22. The normalized spacial score (nSPS) is 10.8. The van der Waals surface area contributed by atoms with Crippen LogP contribution in [-0.4, -0.2) is 53.0 Å². The number of hydrogen-bond donors (Lipinski definition) is 1. The number of nitrogens with zero attached hydrogens (tertiary/aromatic N) is 5. The zero-order chi connectivity index (χ0) is 20.8. The zero-order valence-electron chi connectivity index (χ0n) is 17.2. The van der Waals surface area contributed by atoms with Crippen molar-refractivity contribution in [2.45, 2.75) is 26.7 Å². The van der Waals surface area contributed by atoms with Gasteiger partial charge in [-0.05, 0) is 26.0 Å². The summed E-state index contributed by atoms with van der Waals surface area (Å²) in [5, 5.41) is 15.8. The molecule has 0 radical (unpaired) electrons. The molecule has 1 amide bonds. The highest BCUT2D eigenvalue weighted by atomic mass is 16.5. The van der Waals surface area contributed by atoms with Crippen LogP contribution in [0, 0.1) is 0 Å². The molecule has 0 saturated heterocycles. The van der Waals surface area contributed by atoms with E-state index in [4.69, 9.17) is 9.47 Å². The number of anilines is 2. The van der Waals surface area contributed by atoms with Crippen LogP contribution < -0.4 is 19.7 Å². The summed E-state index contributed by atoms with van der Waals surface area (Å²) < 4.78 is 12.2. The highest BCUT2D eigenvalue weighted by Crippen LogP contribution is 2.25. The van der Waals surface area contributed by atoms with E-state index in [1.165, 1.54) is 0 Å². The van der Waals surface area contributed by atoms with Gasteiger partial charge in [0.15, 0.2) is 11.5 Å². The number of methoxy groups -OCH3 is 2. The smallest absolute Gasteiger partial charge is 0.224 e. The van der Waals surface area contributed by atoms with Crippen LogP contribution in [0.5, 0.6) is 11.5 Å². The third kappa shape index (κ3) is 4.74. The van der Waals surface area contributed by atoms with Crippen molar-refractivity contribution < 1.29 is 14.3 Å². The maximum absolute atomic E-state index is 12.4. The lowest BCUT2D eigenvalue weighted by atomic mass is 10.2. The first kappa shape index (κ1) is 20.4. The molecule has 0 aliphatic carbocycles. The maximum atomic E-state index is 12.4. The zero-order valence-corrected chi connectivity index (χ0v) is 17.2. The van der Waals surface area contributed by atoms with Crippen molar-refractivity contribution in [3.8, 4) is 11.5 Å². The highest BCUT2D eigenvalue weighted by molar-refractivity contribution is 5.91. The predicted octanol–water partition coefficient (Wildman–Crippen LogP) is 2.56. The summed E-state index contributed by atoms with van der Waals surface area (Å²) in [5.41, 5.74) is 1.27. The van der Waals surface area contributed by atoms with Crippen molar-refractivity contribution in [2.75, 3.05) is 37.5 Å². The molecular formula is C20H26N6O3. The molecule has 0 fully saturated rings. The van der Waals surface area contributed by atoms with Crippen molar-refractivity contribution in [3.63, 3.8) is 0 Å². The van der Waals surface area contributed by atoms with Gasteiger partial charge in [0.05, 0.1) is 14.2 Å².